The van der Waals surface area contributed by atoms with Gasteiger partial charge in [0, 0.05) is 49.4 Å². The van der Waals surface area contributed by atoms with E-state index in [1.807, 2.05) is 13.0 Å². The molecule has 1 atom stereocenters. The maximum Gasteiger partial charge on any atom is 0.269 e. The molecule has 2 aromatic rings. The number of hydrogen-bond donors (Lipinski definition) is 0. The Morgan fingerprint density at radius 2 is 1.70 bits per heavy atom. The van der Waals surface area contributed by atoms with Gasteiger partial charge in [-0.3, -0.25) is 15.0 Å². The van der Waals surface area contributed by atoms with Gasteiger partial charge in [0.1, 0.15) is 0 Å². The molecule has 9 heteroatoms. The molecule has 27 heavy (non-hydrogen) atoms. The second-order valence-corrected chi connectivity index (χ2v) is 8.80. The van der Waals surface area contributed by atoms with Gasteiger partial charge in [0.05, 0.1) is 9.82 Å². The maximum absolute atomic E-state index is 12.8. The van der Waals surface area contributed by atoms with Crippen molar-refractivity contribution < 1.29 is 13.3 Å². The van der Waals surface area contributed by atoms with E-state index in [9.17, 15) is 18.5 Å². The van der Waals surface area contributed by atoms with Crippen LogP contribution in [0.3, 0.4) is 0 Å². The lowest BCUT2D eigenvalue weighted by atomic mass is 10.1. The van der Waals surface area contributed by atoms with Gasteiger partial charge in [-0.25, -0.2) is 8.42 Å². The van der Waals surface area contributed by atoms with Crippen LogP contribution in [0, 0.1) is 10.1 Å². The molecule has 1 fully saturated rings. The third kappa shape index (κ3) is 4.30. The highest BCUT2D eigenvalue weighted by Crippen LogP contribution is 2.26. The molecule has 3 rings (SSSR count). The Morgan fingerprint density at radius 1 is 1.07 bits per heavy atom. The molecule has 1 aliphatic rings. The molecule has 0 aliphatic carbocycles. The Labute approximate surface area is 163 Å². The zero-order valence-corrected chi connectivity index (χ0v) is 16.4. The molecule has 144 valence electrons. The molecule has 1 heterocycles. The van der Waals surface area contributed by atoms with Gasteiger partial charge in [-0.15, -0.1) is 0 Å². The SMILES string of the molecule is C[C@@H](c1cccc([N+](=O)[O-])c1)N1CCN(S(=O)(=O)c2ccc(Cl)cc2)CC1. The molecule has 7 nitrogen and oxygen atoms in total. The average Bonchev–Trinajstić information content (AvgIpc) is 2.68. The predicted molar refractivity (Wildman–Crippen MR) is 103 cm³/mol. The lowest BCUT2D eigenvalue weighted by Crippen LogP contribution is -2.49. The molecule has 0 N–H and O–H groups in total. The van der Waals surface area contributed by atoms with Crippen LogP contribution in [-0.2, 0) is 10.0 Å². The maximum atomic E-state index is 12.8. The Balaban J connectivity index is 1.68. The third-order valence-corrected chi connectivity index (χ3v) is 7.00. The van der Waals surface area contributed by atoms with E-state index >= 15 is 0 Å². The number of nitrogens with zero attached hydrogens (tertiary/aromatic N) is 3. The molecule has 0 unspecified atom stereocenters. The van der Waals surface area contributed by atoms with E-state index in [1.165, 1.54) is 22.5 Å². The highest BCUT2D eigenvalue weighted by atomic mass is 35.5. The topological polar surface area (TPSA) is 83.8 Å². The summed E-state index contributed by atoms with van der Waals surface area (Å²) in [6.45, 7) is 3.81. The summed E-state index contributed by atoms with van der Waals surface area (Å²) in [5, 5.41) is 11.5. The fraction of sp³-hybridized carbons (Fsp3) is 0.333. The minimum Gasteiger partial charge on any atom is -0.294 e. The minimum absolute atomic E-state index is 0.0368. The first-order valence-corrected chi connectivity index (χ1v) is 10.3. The van der Waals surface area contributed by atoms with Gasteiger partial charge in [-0.05, 0) is 36.8 Å². The van der Waals surface area contributed by atoms with Gasteiger partial charge < -0.3 is 0 Å². The van der Waals surface area contributed by atoms with Crippen LogP contribution in [0.1, 0.15) is 18.5 Å². The highest BCUT2D eigenvalue weighted by molar-refractivity contribution is 7.89. The summed E-state index contributed by atoms with van der Waals surface area (Å²) < 4.78 is 27.0. The van der Waals surface area contributed by atoms with E-state index in [1.54, 1.807) is 24.3 Å². The predicted octanol–water partition coefficient (Wildman–Crippen LogP) is 3.32. The fourth-order valence-electron chi connectivity index (χ4n) is 3.20. The van der Waals surface area contributed by atoms with E-state index in [0.29, 0.717) is 31.2 Å². The molecule has 0 spiro atoms. The summed E-state index contributed by atoms with van der Waals surface area (Å²) in [7, 11) is -3.55. The Bertz CT molecular complexity index is 926. The van der Waals surface area contributed by atoms with Crippen molar-refractivity contribution in [3.63, 3.8) is 0 Å². The Morgan fingerprint density at radius 3 is 2.30 bits per heavy atom. The van der Waals surface area contributed by atoms with Crippen LogP contribution in [0.2, 0.25) is 5.02 Å². The number of nitro groups is 1. The summed E-state index contributed by atoms with van der Waals surface area (Å²) in [6.07, 6.45) is 0. The quantitative estimate of drug-likeness (QED) is 0.558. The molecule has 1 saturated heterocycles. The van der Waals surface area contributed by atoms with Gasteiger partial charge in [0.25, 0.3) is 5.69 Å². The number of rotatable bonds is 5. The van der Waals surface area contributed by atoms with Crippen molar-refractivity contribution in [3.05, 3.63) is 69.2 Å². The van der Waals surface area contributed by atoms with Gasteiger partial charge >= 0.3 is 0 Å². The number of non-ortho nitro benzene ring substituents is 1. The lowest BCUT2D eigenvalue weighted by Gasteiger charge is -2.37. The van der Waals surface area contributed by atoms with Gasteiger partial charge in [0.2, 0.25) is 10.0 Å². The third-order valence-electron chi connectivity index (χ3n) is 4.84. The molecule has 0 amide bonds. The summed E-state index contributed by atoms with van der Waals surface area (Å²) >= 11 is 5.83. The Hall–Kier alpha value is -2.00. The summed E-state index contributed by atoms with van der Waals surface area (Å²) in [4.78, 5) is 12.9. The van der Waals surface area contributed by atoms with Crippen molar-refractivity contribution in [2.24, 2.45) is 0 Å². The summed E-state index contributed by atoms with van der Waals surface area (Å²) in [5.41, 5.74) is 0.904. The number of piperazine rings is 1. The number of hydrogen-bond acceptors (Lipinski definition) is 5. The number of benzene rings is 2. The monoisotopic (exact) mass is 409 g/mol. The van der Waals surface area contributed by atoms with Crippen molar-refractivity contribution in [3.8, 4) is 0 Å². The summed E-state index contributed by atoms with van der Waals surface area (Å²) in [5.74, 6) is 0. The minimum atomic E-state index is -3.55. The smallest absolute Gasteiger partial charge is 0.269 e. The van der Waals surface area contributed by atoms with Crippen LogP contribution < -0.4 is 0 Å². The normalized spacial score (nSPS) is 17.6. The van der Waals surface area contributed by atoms with E-state index in [2.05, 4.69) is 4.90 Å². The second-order valence-electron chi connectivity index (χ2n) is 6.42. The largest absolute Gasteiger partial charge is 0.294 e. The van der Waals surface area contributed by atoms with Crippen LogP contribution in [-0.4, -0.2) is 48.7 Å². The van der Waals surface area contributed by atoms with Gasteiger partial charge in [-0.1, -0.05) is 23.7 Å². The standard InChI is InChI=1S/C18H20ClN3O4S/c1-14(15-3-2-4-17(13-15)22(23)24)20-9-11-21(12-10-20)27(25,26)18-7-5-16(19)6-8-18/h2-8,13-14H,9-12H2,1H3/t14-/m0/s1. The molecule has 1 aliphatic heterocycles. The first-order valence-electron chi connectivity index (χ1n) is 8.53. The molecular weight excluding hydrogens is 390 g/mol. The zero-order valence-electron chi connectivity index (χ0n) is 14.8. The summed E-state index contributed by atoms with van der Waals surface area (Å²) in [6, 6.07) is 12.7. The van der Waals surface area contributed by atoms with Crippen LogP contribution in [0.25, 0.3) is 0 Å². The highest BCUT2D eigenvalue weighted by Gasteiger charge is 2.30. The molecule has 0 bridgehead atoms. The Kier molecular flexibility index (Phi) is 5.81. The van der Waals surface area contributed by atoms with Crippen molar-refractivity contribution >= 4 is 27.3 Å². The van der Waals surface area contributed by atoms with Gasteiger partial charge in [-0.2, -0.15) is 4.31 Å². The van der Waals surface area contributed by atoms with E-state index in [4.69, 9.17) is 11.6 Å². The molecular formula is C18H20ClN3O4S. The second kappa shape index (κ2) is 7.93. The molecule has 0 aromatic heterocycles. The van der Waals surface area contributed by atoms with Crippen molar-refractivity contribution in [1.82, 2.24) is 9.21 Å². The molecule has 0 radical (unpaired) electrons. The van der Waals surface area contributed by atoms with Crippen LogP contribution >= 0.6 is 11.6 Å². The van der Waals surface area contributed by atoms with Crippen LogP contribution in [0.15, 0.2) is 53.4 Å². The number of nitro benzene ring substituents is 1. The van der Waals surface area contributed by atoms with Crippen LogP contribution in [0.4, 0.5) is 5.69 Å². The molecule has 2 aromatic carbocycles. The van der Waals surface area contributed by atoms with Crippen LogP contribution in [0.5, 0.6) is 0 Å². The van der Waals surface area contributed by atoms with Crippen molar-refractivity contribution in [2.75, 3.05) is 26.2 Å². The number of sulfonamides is 1. The fourth-order valence-corrected chi connectivity index (χ4v) is 4.74. The van der Waals surface area contributed by atoms with Crippen molar-refractivity contribution in [1.29, 1.82) is 0 Å². The van der Waals surface area contributed by atoms with E-state index in [0.717, 1.165) is 5.56 Å². The number of halogens is 1. The van der Waals surface area contributed by atoms with Crippen molar-refractivity contribution in [2.45, 2.75) is 17.9 Å². The average molecular weight is 410 g/mol. The molecule has 0 saturated carbocycles. The van der Waals surface area contributed by atoms with Gasteiger partial charge in [0.15, 0.2) is 0 Å². The zero-order chi connectivity index (χ0) is 19.6. The first-order chi connectivity index (χ1) is 12.8. The van der Waals surface area contributed by atoms with E-state index < -0.39 is 14.9 Å². The van der Waals surface area contributed by atoms with E-state index in [-0.39, 0.29) is 16.6 Å². The lowest BCUT2D eigenvalue weighted by molar-refractivity contribution is -0.385. The first kappa shape index (κ1) is 19.8.